The summed E-state index contributed by atoms with van der Waals surface area (Å²) >= 11 is 0. The van der Waals surface area contributed by atoms with E-state index in [2.05, 4.69) is 20.8 Å². The van der Waals surface area contributed by atoms with Crippen LogP contribution in [0.4, 0.5) is 10.3 Å². The smallest absolute Gasteiger partial charge is 0.248 e. The van der Waals surface area contributed by atoms with Gasteiger partial charge in [-0.1, -0.05) is 23.3 Å². The lowest BCUT2D eigenvalue weighted by Crippen LogP contribution is -2.32. The van der Waals surface area contributed by atoms with Crippen LogP contribution in [0.1, 0.15) is 30.9 Å². The van der Waals surface area contributed by atoms with E-state index < -0.39 is 6.04 Å². The van der Waals surface area contributed by atoms with Gasteiger partial charge >= 0.3 is 0 Å². The molecule has 0 fully saturated rings. The number of carbonyl (C=O) groups excluding carboxylic acids is 1. The first-order chi connectivity index (χ1) is 10.3. The molecule has 0 bridgehead atoms. The lowest BCUT2D eigenvalue weighted by atomic mass is 9.85. The minimum absolute atomic E-state index is 0.0261. The molecule has 2 aliphatic rings. The van der Waals surface area contributed by atoms with Crippen molar-refractivity contribution in [2.75, 3.05) is 5.32 Å². The summed E-state index contributed by atoms with van der Waals surface area (Å²) in [5.41, 5.74) is 1.79. The summed E-state index contributed by atoms with van der Waals surface area (Å²) in [7, 11) is 0. The summed E-state index contributed by atoms with van der Waals surface area (Å²) in [4.78, 5) is 12.4. The zero-order valence-corrected chi connectivity index (χ0v) is 11.1. The quantitative estimate of drug-likeness (QED) is 0.865. The summed E-state index contributed by atoms with van der Waals surface area (Å²) in [6.45, 7) is 0. The van der Waals surface area contributed by atoms with Crippen LogP contribution in [0.25, 0.3) is 0 Å². The Bertz CT molecular complexity index is 766. The maximum Gasteiger partial charge on any atom is 0.248 e. The summed E-state index contributed by atoms with van der Waals surface area (Å²) in [5.74, 6) is 0.103. The molecule has 1 aromatic heterocycles. The van der Waals surface area contributed by atoms with Gasteiger partial charge in [-0.05, 0) is 29.3 Å². The Balaban J connectivity index is 1.96. The number of carbonyl (C=O) groups is 1. The molecule has 7 heteroatoms. The van der Waals surface area contributed by atoms with Gasteiger partial charge < -0.3 is 5.32 Å². The third kappa shape index (κ3) is 1.77. The molecule has 4 rings (SSSR count). The number of rotatable bonds is 1. The van der Waals surface area contributed by atoms with Gasteiger partial charge in [0.05, 0.1) is 0 Å². The lowest BCUT2D eigenvalue weighted by molar-refractivity contribution is -0.116. The average Bonchev–Trinajstić information content (AvgIpc) is 2.94. The van der Waals surface area contributed by atoms with Gasteiger partial charge in [0.1, 0.15) is 11.9 Å². The van der Waals surface area contributed by atoms with Crippen LogP contribution in [-0.2, 0) is 4.79 Å². The first-order valence-corrected chi connectivity index (χ1v) is 6.81. The molecule has 0 saturated carbocycles. The first-order valence-electron chi connectivity index (χ1n) is 6.81. The van der Waals surface area contributed by atoms with Crippen LogP contribution in [0, 0.1) is 5.82 Å². The topological polar surface area (TPSA) is 72.7 Å². The fourth-order valence-corrected chi connectivity index (χ4v) is 3.00. The van der Waals surface area contributed by atoms with Crippen LogP contribution >= 0.6 is 0 Å². The predicted molar refractivity (Wildman–Crippen MR) is 71.9 cm³/mol. The van der Waals surface area contributed by atoms with Crippen molar-refractivity contribution in [2.45, 2.75) is 25.3 Å². The molecule has 2 heterocycles. The number of nitrogens with one attached hydrogen (secondary N) is 1. The molecule has 106 valence electrons. The third-order valence-electron chi connectivity index (χ3n) is 3.93. The van der Waals surface area contributed by atoms with Crippen LogP contribution in [0.15, 0.2) is 35.5 Å². The highest BCUT2D eigenvalue weighted by Gasteiger charge is 2.37. The number of nitrogens with zero attached hydrogens (tertiary/aromatic N) is 4. The molecule has 1 atom stereocenters. The molecule has 21 heavy (non-hydrogen) atoms. The van der Waals surface area contributed by atoms with Crippen molar-refractivity contribution in [3.8, 4) is 0 Å². The van der Waals surface area contributed by atoms with Crippen LogP contribution in [0.5, 0.6) is 0 Å². The van der Waals surface area contributed by atoms with E-state index in [4.69, 9.17) is 0 Å². The SMILES string of the molecule is O=C1CCCC2=C1C(c1ccccc1F)n1nnnc1N2. The molecule has 0 radical (unpaired) electrons. The van der Waals surface area contributed by atoms with Crippen LogP contribution in [0.3, 0.4) is 0 Å². The van der Waals surface area contributed by atoms with E-state index in [0.29, 0.717) is 23.5 Å². The van der Waals surface area contributed by atoms with Gasteiger partial charge in [-0.3, -0.25) is 4.79 Å². The lowest BCUT2D eigenvalue weighted by Gasteiger charge is -2.31. The van der Waals surface area contributed by atoms with Crippen LogP contribution in [0.2, 0.25) is 0 Å². The summed E-state index contributed by atoms with van der Waals surface area (Å²) in [6.07, 6.45) is 2.01. The van der Waals surface area contributed by atoms with E-state index in [9.17, 15) is 9.18 Å². The summed E-state index contributed by atoms with van der Waals surface area (Å²) < 4.78 is 15.7. The minimum atomic E-state index is -0.597. The number of hydrogen-bond acceptors (Lipinski definition) is 5. The van der Waals surface area contributed by atoms with E-state index >= 15 is 0 Å². The molecule has 1 N–H and O–H groups in total. The zero-order chi connectivity index (χ0) is 14.4. The van der Waals surface area contributed by atoms with E-state index in [1.54, 1.807) is 18.2 Å². The second kappa shape index (κ2) is 4.47. The normalized spacial score (nSPS) is 20.8. The first kappa shape index (κ1) is 12.2. The van der Waals surface area contributed by atoms with E-state index in [0.717, 1.165) is 18.5 Å². The van der Waals surface area contributed by atoms with Gasteiger partial charge in [0.25, 0.3) is 0 Å². The number of Topliss-reactive ketones (excluding diaryl/α,β-unsaturated/α-hetero) is 1. The van der Waals surface area contributed by atoms with Gasteiger partial charge in [-0.25, -0.2) is 4.39 Å². The third-order valence-corrected chi connectivity index (χ3v) is 3.93. The summed E-state index contributed by atoms with van der Waals surface area (Å²) in [6, 6.07) is 5.83. The second-order valence-electron chi connectivity index (χ2n) is 5.17. The Hall–Kier alpha value is -2.57. The minimum Gasteiger partial charge on any atom is -0.326 e. The number of tetrazole rings is 1. The second-order valence-corrected chi connectivity index (χ2v) is 5.17. The fraction of sp³-hybridized carbons (Fsp3) is 0.286. The van der Waals surface area contributed by atoms with Crippen molar-refractivity contribution in [2.24, 2.45) is 0 Å². The van der Waals surface area contributed by atoms with Gasteiger partial charge in [-0.2, -0.15) is 4.68 Å². The number of anilines is 1. The Labute approximate surface area is 119 Å². The molecule has 2 aromatic rings. The van der Waals surface area contributed by atoms with E-state index in [1.807, 2.05) is 0 Å². The zero-order valence-electron chi connectivity index (χ0n) is 11.1. The standard InChI is InChI=1S/C14H12FN5O/c15-9-5-2-1-4-8(9)13-12-10(6-3-7-11(12)21)16-14-17-18-19-20(13)14/h1-2,4-5,13H,3,6-7H2,(H,16,17,19). The molecule has 1 aromatic carbocycles. The number of fused-ring (bicyclic) bond motifs is 1. The van der Waals surface area contributed by atoms with Crippen molar-refractivity contribution in [1.82, 2.24) is 20.2 Å². The molecular weight excluding hydrogens is 273 g/mol. The Morgan fingerprint density at radius 1 is 1.29 bits per heavy atom. The van der Waals surface area contributed by atoms with E-state index in [-0.39, 0.29) is 11.6 Å². The largest absolute Gasteiger partial charge is 0.326 e. The Morgan fingerprint density at radius 3 is 3.00 bits per heavy atom. The highest BCUT2D eigenvalue weighted by molar-refractivity contribution is 5.99. The predicted octanol–water partition coefficient (Wildman–Crippen LogP) is 1.83. The Kier molecular flexibility index (Phi) is 2.60. The maximum atomic E-state index is 14.2. The molecule has 1 aliphatic heterocycles. The monoisotopic (exact) mass is 285 g/mol. The number of hydrogen-bond donors (Lipinski definition) is 1. The number of halogens is 1. The van der Waals surface area contributed by atoms with Crippen LogP contribution < -0.4 is 5.32 Å². The van der Waals surface area contributed by atoms with Crippen molar-refractivity contribution in [3.05, 3.63) is 46.9 Å². The number of allylic oxidation sites excluding steroid dienone is 2. The number of aromatic nitrogens is 4. The van der Waals surface area contributed by atoms with Crippen molar-refractivity contribution >= 4 is 11.7 Å². The summed E-state index contributed by atoms with van der Waals surface area (Å²) in [5, 5.41) is 14.5. The van der Waals surface area contributed by atoms with Crippen molar-refractivity contribution < 1.29 is 9.18 Å². The maximum absolute atomic E-state index is 14.2. The van der Waals surface area contributed by atoms with Crippen LogP contribution in [-0.4, -0.2) is 26.0 Å². The molecule has 1 unspecified atom stereocenters. The Morgan fingerprint density at radius 2 is 2.14 bits per heavy atom. The molecule has 0 spiro atoms. The van der Waals surface area contributed by atoms with E-state index in [1.165, 1.54) is 10.7 Å². The molecule has 0 amide bonds. The molecular formula is C14H12FN5O. The molecule has 0 saturated heterocycles. The number of ketones is 1. The fourth-order valence-electron chi connectivity index (χ4n) is 3.00. The molecule has 6 nitrogen and oxygen atoms in total. The number of benzene rings is 1. The van der Waals surface area contributed by atoms with Crippen molar-refractivity contribution in [1.29, 1.82) is 0 Å². The van der Waals surface area contributed by atoms with Crippen molar-refractivity contribution in [3.63, 3.8) is 0 Å². The van der Waals surface area contributed by atoms with Gasteiger partial charge in [0.15, 0.2) is 5.78 Å². The van der Waals surface area contributed by atoms with Gasteiger partial charge in [0, 0.05) is 23.3 Å². The van der Waals surface area contributed by atoms with Gasteiger partial charge in [-0.15, -0.1) is 0 Å². The van der Waals surface area contributed by atoms with Gasteiger partial charge in [0.2, 0.25) is 5.95 Å². The highest BCUT2D eigenvalue weighted by Crippen LogP contribution is 2.39. The highest BCUT2D eigenvalue weighted by atomic mass is 19.1. The average molecular weight is 285 g/mol. The molecule has 1 aliphatic carbocycles.